The first-order valence-electron chi connectivity index (χ1n) is 6.76. The van der Waals surface area contributed by atoms with E-state index >= 15 is 0 Å². The molecule has 2 heteroatoms. The molecule has 1 aliphatic rings. The fraction of sp³-hybridized carbons (Fsp3) is 0.500. The topological polar surface area (TPSA) is 23.5 Å². The second-order valence-electron chi connectivity index (χ2n) is 5.43. The molecule has 0 aliphatic carbocycles. The summed E-state index contributed by atoms with van der Waals surface area (Å²) in [4.78, 5) is 2.43. The maximum atomic E-state index is 10.4. The fourth-order valence-electron chi connectivity index (χ4n) is 2.73. The lowest BCUT2D eigenvalue weighted by atomic mass is 9.87. The second kappa shape index (κ2) is 6.17. The molecule has 1 saturated heterocycles. The molecule has 0 spiro atoms. The van der Waals surface area contributed by atoms with Crippen LogP contribution in [0.2, 0.25) is 0 Å². The average molecular weight is 245 g/mol. The summed E-state index contributed by atoms with van der Waals surface area (Å²) in [5.41, 5.74) is 2.27. The van der Waals surface area contributed by atoms with E-state index in [1.165, 1.54) is 5.57 Å². The van der Waals surface area contributed by atoms with Crippen LogP contribution >= 0.6 is 0 Å². The van der Waals surface area contributed by atoms with Crippen LogP contribution in [-0.4, -0.2) is 29.6 Å². The molecule has 1 N–H and O–H groups in total. The van der Waals surface area contributed by atoms with Crippen LogP contribution in [0.1, 0.15) is 31.4 Å². The number of rotatable bonds is 4. The summed E-state index contributed by atoms with van der Waals surface area (Å²) in [5, 5.41) is 10.4. The molecule has 1 fully saturated rings. The average Bonchev–Trinajstić information content (AvgIpc) is 2.39. The number of aliphatic hydroxyl groups excluding tert-OH is 1. The van der Waals surface area contributed by atoms with Gasteiger partial charge in [-0.2, -0.15) is 0 Å². The minimum absolute atomic E-state index is 0.307. The van der Waals surface area contributed by atoms with Crippen molar-refractivity contribution >= 4 is 0 Å². The molecule has 0 aromatic heterocycles. The zero-order chi connectivity index (χ0) is 13.0. The summed E-state index contributed by atoms with van der Waals surface area (Å²) < 4.78 is 0. The molecule has 0 unspecified atom stereocenters. The van der Waals surface area contributed by atoms with Crippen LogP contribution in [0.25, 0.3) is 0 Å². The van der Waals surface area contributed by atoms with Crippen molar-refractivity contribution in [3.63, 3.8) is 0 Å². The van der Waals surface area contributed by atoms with Crippen LogP contribution in [0.3, 0.4) is 0 Å². The Kier molecular flexibility index (Phi) is 4.56. The van der Waals surface area contributed by atoms with Crippen molar-refractivity contribution in [1.82, 2.24) is 4.90 Å². The Hall–Kier alpha value is -1.12. The Balaban J connectivity index is 1.88. The minimum Gasteiger partial charge on any atom is -0.388 e. The number of aliphatic hydroxyl groups is 1. The zero-order valence-electron chi connectivity index (χ0n) is 11.2. The third-order valence-corrected chi connectivity index (χ3v) is 3.71. The van der Waals surface area contributed by atoms with Crippen LogP contribution < -0.4 is 0 Å². The third-order valence-electron chi connectivity index (χ3n) is 3.71. The van der Waals surface area contributed by atoms with Gasteiger partial charge in [-0.3, -0.25) is 4.90 Å². The van der Waals surface area contributed by atoms with Crippen molar-refractivity contribution in [3.8, 4) is 0 Å². The molecule has 0 amide bonds. The maximum Gasteiger partial charge on any atom is 0.0819 e. The van der Waals surface area contributed by atoms with E-state index in [1.54, 1.807) is 0 Å². The van der Waals surface area contributed by atoms with Crippen LogP contribution in [-0.2, 0) is 0 Å². The Bertz CT molecular complexity index is 379. The van der Waals surface area contributed by atoms with E-state index in [0.29, 0.717) is 5.92 Å². The van der Waals surface area contributed by atoms with Gasteiger partial charge in [0, 0.05) is 6.54 Å². The summed E-state index contributed by atoms with van der Waals surface area (Å²) in [6.45, 7) is 9.17. The van der Waals surface area contributed by atoms with Crippen molar-refractivity contribution < 1.29 is 5.11 Å². The minimum atomic E-state index is -0.307. The monoisotopic (exact) mass is 245 g/mol. The first-order chi connectivity index (χ1) is 8.66. The maximum absolute atomic E-state index is 10.4. The van der Waals surface area contributed by atoms with Crippen LogP contribution in [0.4, 0.5) is 0 Å². The molecule has 1 aromatic carbocycles. The van der Waals surface area contributed by atoms with E-state index in [-0.39, 0.29) is 6.10 Å². The van der Waals surface area contributed by atoms with Crippen LogP contribution in [0, 0.1) is 5.92 Å². The van der Waals surface area contributed by atoms with E-state index in [9.17, 15) is 5.11 Å². The zero-order valence-corrected chi connectivity index (χ0v) is 11.2. The van der Waals surface area contributed by atoms with Gasteiger partial charge in [-0.25, -0.2) is 0 Å². The fourth-order valence-corrected chi connectivity index (χ4v) is 2.73. The summed E-state index contributed by atoms with van der Waals surface area (Å²) >= 11 is 0. The molecule has 0 bridgehead atoms. The predicted molar refractivity (Wildman–Crippen MR) is 75.4 cm³/mol. The Morgan fingerprint density at radius 1 is 1.33 bits per heavy atom. The molecule has 2 rings (SSSR count). The highest BCUT2D eigenvalue weighted by atomic mass is 16.3. The summed E-state index contributed by atoms with van der Waals surface area (Å²) in [7, 11) is 0. The van der Waals surface area contributed by atoms with Gasteiger partial charge in [0.15, 0.2) is 0 Å². The van der Waals surface area contributed by atoms with Gasteiger partial charge in [-0.15, -0.1) is 0 Å². The molecule has 0 radical (unpaired) electrons. The number of benzene rings is 1. The lowest BCUT2D eigenvalue weighted by molar-refractivity contribution is 0.0615. The first-order valence-corrected chi connectivity index (χ1v) is 6.76. The van der Waals surface area contributed by atoms with E-state index in [0.717, 1.165) is 38.0 Å². The molecule has 1 atom stereocenters. The van der Waals surface area contributed by atoms with Gasteiger partial charge in [0.1, 0.15) is 0 Å². The van der Waals surface area contributed by atoms with Crippen molar-refractivity contribution in [2.45, 2.75) is 25.9 Å². The largest absolute Gasteiger partial charge is 0.388 e. The highest BCUT2D eigenvalue weighted by Gasteiger charge is 2.25. The summed E-state index contributed by atoms with van der Waals surface area (Å²) in [6, 6.07) is 10.0. The van der Waals surface area contributed by atoms with Crippen LogP contribution in [0.5, 0.6) is 0 Å². The van der Waals surface area contributed by atoms with Gasteiger partial charge in [-0.05, 0) is 44.3 Å². The normalized spacial score (nSPS) is 19.7. The van der Waals surface area contributed by atoms with Crippen molar-refractivity contribution in [1.29, 1.82) is 0 Å². The molecule has 2 nitrogen and oxygen atoms in total. The van der Waals surface area contributed by atoms with Crippen molar-refractivity contribution in [3.05, 3.63) is 48.0 Å². The lowest BCUT2D eigenvalue weighted by Crippen LogP contribution is -2.36. The van der Waals surface area contributed by atoms with Gasteiger partial charge in [-0.1, -0.05) is 42.5 Å². The molecule has 18 heavy (non-hydrogen) atoms. The van der Waals surface area contributed by atoms with E-state index < -0.39 is 0 Å². The van der Waals surface area contributed by atoms with Gasteiger partial charge >= 0.3 is 0 Å². The van der Waals surface area contributed by atoms with Crippen LogP contribution in [0.15, 0.2) is 42.5 Å². The SMILES string of the molecule is C=C(C)CN1CCC([C@H](O)c2ccccc2)CC1. The number of likely N-dealkylation sites (tertiary alicyclic amines) is 1. The highest BCUT2D eigenvalue weighted by Crippen LogP contribution is 2.30. The van der Waals surface area contributed by atoms with E-state index in [2.05, 4.69) is 18.4 Å². The number of piperidine rings is 1. The molecule has 1 heterocycles. The van der Waals surface area contributed by atoms with Crippen molar-refractivity contribution in [2.75, 3.05) is 19.6 Å². The summed E-state index contributed by atoms with van der Waals surface area (Å²) in [5.74, 6) is 0.397. The Morgan fingerprint density at radius 2 is 1.94 bits per heavy atom. The van der Waals surface area contributed by atoms with E-state index in [1.807, 2.05) is 30.3 Å². The van der Waals surface area contributed by atoms with Gasteiger partial charge in [0.05, 0.1) is 6.10 Å². The highest BCUT2D eigenvalue weighted by molar-refractivity contribution is 5.18. The molecule has 1 aromatic rings. The predicted octanol–water partition coefficient (Wildman–Crippen LogP) is 3.01. The summed E-state index contributed by atoms with van der Waals surface area (Å²) in [6.07, 6.45) is 1.84. The first kappa shape index (κ1) is 13.3. The Labute approximate surface area is 110 Å². The molecular weight excluding hydrogens is 222 g/mol. The Morgan fingerprint density at radius 3 is 2.50 bits per heavy atom. The third kappa shape index (κ3) is 3.44. The smallest absolute Gasteiger partial charge is 0.0819 e. The number of nitrogens with zero attached hydrogens (tertiary/aromatic N) is 1. The number of hydrogen-bond acceptors (Lipinski definition) is 2. The molecule has 0 saturated carbocycles. The van der Waals surface area contributed by atoms with E-state index in [4.69, 9.17) is 0 Å². The second-order valence-corrected chi connectivity index (χ2v) is 5.43. The quantitative estimate of drug-likeness (QED) is 0.824. The number of hydrogen-bond donors (Lipinski definition) is 1. The lowest BCUT2D eigenvalue weighted by Gasteiger charge is -2.34. The van der Waals surface area contributed by atoms with Gasteiger partial charge in [0.25, 0.3) is 0 Å². The standard InChI is InChI=1S/C16H23NO/c1-13(2)12-17-10-8-15(9-11-17)16(18)14-6-4-3-5-7-14/h3-7,15-16,18H,1,8-12H2,2H3/t16-/m1/s1. The van der Waals surface area contributed by atoms with Gasteiger partial charge < -0.3 is 5.11 Å². The molecular formula is C16H23NO. The molecule has 98 valence electrons. The van der Waals surface area contributed by atoms with Crippen molar-refractivity contribution in [2.24, 2.45) is 5.92 Å². The van der Waals surface area contributed by atoms with Gasteiger partial charge in [0.2, 0.25) is 0 Å². The molecule has 1 aliphatic heterocycles.